The molecule has 0 aliphatic heterocycles. The number of ether oxygens (including phenoxy) is 1. The van der Waals surface area contributed by atoms with Crippen LogP contribution in [0.15, 0.2) is 41.3 Å². The van der Waals surface area contributed by atoms with Gasteiger partial charge in [0.25, 0.3) is 11.5 Å². The zero-order chi connectivity index (χ0) is 21.1. The van der Waals surface area contributed by atoms with Gasteiger partial charge in [-0.05, 0) is 51.1 Å². The van der Waals surface area contributed by atoms with E-state index in [9.17, 15) is 14.4 Å². The molecule has 0 aliphatic rings. The number of carbonyl (C=O) groups is 2. The van der Waals surface area contributed by atoms with E-state index in [1.165, 1.54) is 13.1 Å². The lowest BCUT2D eigenvalue weighted by Crippen LogP contribution is -2.30. The summed E-state index contributed by atoms with van der Waals surface area (Å²) in [6.07, 6.45) is 0.350. The minimum atomic E-state index is -1.05. The Morgan fingerprint density at radius 1 is 1.28 bits per heavy atom. The quantitative estimate of drug-likeness (QED) is 0.644. The van der Waals surface area contributed by atoms with E-state index in [0.29, 0.717) is 34.1 Å². The van der Waals surface area contributed by atoms with Gasteiger partial charge in [0, 0.05) is 12.7 Å². The van der Waals surface area contributed by atoms with Crippen molar-refractivity contribution in [3.05, 3.63) is 63.2 Å². The van der Waals surface area contributed by atoms with Crippen molar-refractivity contribution in [3.63, 3.8) is 0 Å². The maximum Gasteiger partial charge on any atom is 0.338 e. The monoisotopic (exact) mass is 414 g/mol. The average molecular weight is 415 g/mol. The molecule has 0 spiro atoms. The molecular weight excluding hydrogens is 396 g/mol. The van der Waals surface area contributed by atoms with E-state index in [1.54, 1.807) is 41.8 Å². The molecule has 0 saturated heterocycles. The third-order valence-corrected chi connectivity index (χ3v) is 4.52. The van der Waals surface area contributed by atoms with Gasteiger partial charge in [-0.25, -0.2) is 14.8 Å². The van der Waals surface area contributed by atoms with Gasteiger partial charge in [-0.3, -0.25) is 9.59 Å². The van der Waals surface area contributed by atoms with Crippen LogP contribution in [0.4, 0.5) is 5.82 Å². The summed E-state index contributed by atoms with van der Waals surface area (Å²) in [4.78, 5) is 45.1. The van der Waals surface area contributed by atoms with Crippen LogP contribution in [0.5, 0.6) is 0 Å². The number of nitrogens with zero attached hydrogens (tertiary/aromatic N) is 3. The van der Waals surface area contributed by atoms with Gasteiger partial charge in [-0.1, -0.05) is 11.6 Å². The molecule has 8 nitrogen and oxygen atoms in total. The fraction of sp³-hybridized carbons (Fsp3) is 0.250. The molecule has 150 valence electrons. The Bertz CT molecular complexity index is 1140. The largest absolute Gasteiger partial charge is 0.449 e. The number of aromatic nitrogens is 3. The molecule has 1 aromatic carbocycles. The number of anilines is 1. The van der Waals surface area contributed by atoms with E-state index >= 15 is 0 Å². The minimum absolute atomic E-state index is 0.170. The van der Waals surface area contributed by atoms with Gasteiger partial charge in [0.15, 0.2) is 6.10 Å². The molecule has 1 atom stereocenters. The first-order chi connectivity index (χ1) is 13.8. The molecule has 29 heavy (non-hydrogen) atoms. The maximum absolute atomic E-state index is 12.5. The number of esters is 1. The van der Waals surface area contributed by atoms with Crippen LogP contribution in [0, 0.1) is 6.92 Å². The highest BCUT2D eigenvalue weighted by Crippen LogP contribution is 2.15. The van der Waals surface area contributed by atoms with Crippen molar-refractivity contribution in [1.29, 1.82) is 0 Å². The van der Waals surface area contributed by atoms with Crippen molar-refractivity contribution in [2.24, 2.45) is 0 Å². The van der Waals surface area contributed by atoms with Crippen LogP contribution in [0.25, 0.3) is 11.0 Å². The molecule has 3 aromatic rings. The standard InChI is InChI=1S/C20H19ClN4O4/c1-4-25-16-7-5-13(9-15(16)23-11(2)19(25)27)20(28)29-12(3)18(26)24-17-8-6-14(21)10-22-17/h5-10,12H,4H2,1-3H3,(H,22,24,26)/t12-/m0/s1. The van der Waals surface area contributed by atoms with E-state index in [4.69, 9.17) is 16.3 Å². The molecule has 2 aromatic heterocycles. The van der Waals surface area contributed by atoms with Crippen molar-refractivity contribution in [2.45, 2.75) is 33.4 Å². The summed E-state index contributed by atoms with van der Waals surface area (Å²) in [5.74, 6) is -0.903. The van der Waals surface area contributed by atoms with Crippen LogP contribution >= 0.6 is 11.6 Å². The summed E-state index contributed by atoms with van der Waals surface area (Å²) in [6, 6.07) is 7.85. The number of aryl methyl sites for hydroxylation is 2. The predicted molar refractivity (Wildman–Crippen MR) is 109 cm³/mol. The first-order valence-corrected chi connectivity index (χ1v) is 9.32. The van der Waals surface area contributed by atoms with Crippen molar-refractivity contribution in [2.75, 3.05) is 5.32 Å². The number of amides is 1. The van der Waals surface area contributed by atoms with Crippen molar-refractivity contribution >= 4 is 40.3 Å². The maximum atomic E-state index is 12.5. The molecule has 1 N–H and O–H groups in total. The Kier molecular flexibility index (Phi) is 5.93. The van der Waals surface area contributed by atoms with Crippen LogP contribution < -0.4 is 10.9 Å². The number of hydrogen-bond acceptors (Lipinski definition) is 6. The Labute approximate surface area is 171 Å². The molecular formula is C20H19ClN4O4. The highest BCUT2D eigenvalue weighted by molar-refractivity contribution is 6.30. The highest BCUT2D eigenvalue weighted by Gasteiger charge is 2.20. The zero-order valence-corrected chi connectivity index (χ0v) is 16.9. The zero-order valence-electron chi connectivity index (χ0n) is 16.1. The number of fused-ring (bicyclic) bond motifs is 1. The fourth-order valence-electron chi connectivity index (χ4n) is 2.78. The van der Waals surface area contributed by atoms with Gasteiger partial charge in [0.05, 0.1) is 21.6 Å². The molecule has 3 rings (SSSR count). The van der Waals surface area contributed by atoms with E-state index in [-0.39, 0.29) is 11.1 Å². The van der Waals surface area contributed by atoms with Gasteiger partial charge in [0.1, 0.15) is 11.5 Å². The number of nitrogens with one attached hydrogen (secondary N) is 1. The summed E-state index contributed by atoms with van der Waals surface area (Å²) in [5, 5.41) is 2.99. The van der Waals surface area contributed by atoms with Gasteiger partial charge in [0.2, 0.25) is 0 Å². The Hall–Kier alpha value is -3.26. The third kappa shape index (κ3) is 4.43. The number of rotatable bonds is 5. The van der Waals surface area contributed by atoms with Crippen LogP contribution in [-0.2, 0) is 16.1 Å². The average Bonchev–Trinajstić information content (AvgIpc) is 2.70. The second-order valence-corrected chi connectivity index (χ2v) is 6.78. The van der Waals surface area contributed by atoms with Gasteiger partial charge >= 0.3 is 5.97 Å². The molecule has 9 heteroatoms. The number of pyridine rings is 1. The molecule has 2 heterocycles. The van der Waals surface area contributed by atoms with Crippen molar-refractivity contribution in [3.8, 4) is 0 Å². The fourth-order valence-corrected chi connectivity index (χ4v) is 2.89. The van der Waals surface area contributed by atoms with Crippen LogP contribution in [0.1, 0.15) is 29.9 Å². The first-order valence-electron chi connectivity index (χ1n) is 8.94. The molecule has 1 amide bonds. The molecule has 0 radical (unpaired) electrons. The second kappa shape index (κ2) is 8.40. The Morgan fingerprint density at radius 3 is 2.69 bits per heavy atom. The summed E-state index contributed by atoms with van der Waals surface area (Å²) < 4.78 is 6.84. The lowest BCUT2D eigenvalue weighted by molar-refractivity contribution is -0.123. The second-order valence-electron chi connectivity index (χ2n) is 6.35. The van der Waals surface area contributed by atoms with Gasteiger partial charge in [-0.15, -0.1) is 0 Å². The van der Waals surface area contributed by atoms with Crippen molar-refractivity contribution in [1.82, 2.24) is 14.5 Å². The summed E-state index contributed by atoms with van der Waals surface area (Å²) in [5.41, 5.74) is 1.53. The summed E-state index contributed by atoms with van der Waals surface area (Å²) in [6.45, 7) is 5.42. The van der Waals surface area contributed by atoms with Crippen LogP contribution in [0.2, 0.25) is 5.02 Å². The van der Waals surface area contributed by atoms with E-state index in [2.05, 4.69) is 15.3 Å². The minimum Gasteiger partial charge on any atom is -0.449 e. The van der Waals surface area contributed by atoms with Gasteiger partial charge < -0.3 is 14.6 Å². The summed E-state index contributed by atoms with van der Waals surface area (Å²) in [7, 11) is 0. The predicted octanol–water partition coefficient (Wildman–Crippen LogP) is 2.96. The number of carbonyl (C=O) groups excluding carboxylic acids is 2. The van der Waals surface area contributed by atoms with E-state index in [1.807, 2.05) is 6.92 Å². The molecule has 0 fully saturated rings. The first kappa shape index (κ1) is 20.5. The van der Waals surface area contributed by atoms with E-state index in [0.717, 1.165) is 0 Å². The highest BCUT2D eigenvalue weighted by atomic mass is 35.5. The normalized spacial score (nSPS) is 11.9. The van der Waals surface area contributed by atoms with Crippen LogP contribution in [0.3, 0.4) is 0 Å². The number of hydrogen-bond donors (Lipinski definition) is 1. The SMILES string of the molecule is CCn1c(=O)c(C)nc2cc(C(=O)O[C@@H](C)C(=O)Nc3ccc(Cl)cn3)ccc21. The third-order valence-electron chi connectivity index (χ3n) is 4.29. The summed E-state index contributed by atoms with van der Waals surface area (Å²) >= 11 is 5.76. The number of benzene rings is 1. The van der Waals surface area contributed by atoms with Crippen molar-refractivity contribution < 1.29 is 14.3 Å². The van der Waals surface area contributed by atoms with E-state index < -0.39 is 18.0 Å². The Balaban J connectivity index is 1.76. The lowest BCUT2D eigenvalue weighted by Gasteiger charge is -2.14. The topological polar surface area (TPSA) is 103 Å². The smallest absolute Gasteiger partial charge is 0.338 e. The van der Waals surface area contributed by atoms with Gasteiger partial charge in [-0.2, -0.15) is 0 Å². The Morgan fingerprint density at radius 2 is 2.03 bits per heavy atom. The molecule has 0 bridgehead atoms. The lowest BCUT2D eigenvalue weighted by atomic mass is 10.2. The molecule has 0 unspecified atom stereocenters. The molecule has 0 aliphatic carbocycles. The molecule has 0 saturated carbocycles. The van der Waals surface area contributed by atoms with Crippen LogP contribution in [-0.4, -0.2) is 32.5 Å². The number of halogens is 1.